The highest BCUT2D eigenvalue weighted by Gasteiger charge is 2.27. The van der Waals surface area contributed by atoms with Crippen molar-refractivity contribution >= 4 is 0 Å². The standard InChI is InChI=1S/C9H8F5NO/c10-7-1-6(2-8(11)3-7)4-15-16-5-9(12,13)14/h1-3,15H,4-5H2. The zero-order valence-corrected chi connectivity index (χ0v) is 7.94. The molecule has 0 bridgehead atoms. The average molecular weight is 241 g/mol. The van der Waals surface area contributed by atoms with Gasteiger partial charge in [-0.05, 0) is 17.7 Å². The Kier molecular flexibility index (Phi) is 4.19. The lowest BCUT2D eigenvalue weighted by atomic mass is 10.2. The van der Waals surface area contributed by atoms with Crippen LogP contribution in [0.3, 0.4) is 0 Å². The molecule has 0 saturated carbocycles. The molecule has 2 nitrogen and oxygen atoms in total. The molecule has 0 aliphatic carbocycles. The van der Waals surface area contributed by atoms with Crippen molar-refractivity contribution in [1.29, 1.82) is 0 Å². The summed E-state index contributed by atoms with van der Waals surface area (Å²) in [5.41, 5.74) is 2.11. The summed E-state index contributed by atoms with van der Waals surface area (Å²) in [5.74, 6) is -1.60. The van der Waals surface area contributed by atoms with Gasteiger partial charge in [-0.15, -0.1) is 0 Å². The summed E-state index contributed by atoms with van der Waals surface area (Å²) in [6.07, 6.45) is -4.44. The molecule has 0 aliphatic heterocycles. The van der Waals surface area contributed by atoms with E-state index in [9.17, 15) is 22.0 Å². The van der Waals surface area contributed by atoms with E-state index < -0.39 is 24.4 Å². The molecule has 16 heavy (non-hydrogen) atoms. The normalized spacial score (nSPS) is 11.8. The van der Waals surface area contributed by atoms with E-state index in [0.29, 0.717) is 6.07 Å². The molecular formula is C9H8F5NO. The van der Waals surface area contributed by atoms with E-state index >= 15 is 0 Å². The van der Waals surface area contributed by atoms with E-state index in [1.54, 1.807) is 0 Å². The minimum Gasteiger partial charge on any atom is -0.292 e. The second-order valence-electron chi connectivity index (χ2n) is 3.00. The zero-order chi connectivity index (χ0) is 12.2. The molecule has 0 aromatic heterocycles. The Morgan fingerprint density at radius 2 is 1.62 bits per heavy atom. The van der Waals surface area contributed by atoms with Crippen molar-refractivity contribution in [2.45, 2.75) is 12.7 Å². The number of rotatable bonds is 4. The van der Waals surface area contributed by atoms with Crippen LogP contribution in [0.5, 0.6) is 0 Å². The molecule has 1 rings (SSSR count). The monoisotopic (exact) mass is 241 g/mol. The maximum Gasteiger partial charge on any atom is 0.413 e. The number of benzene rings is 1. The Morgan fingerprint density at radius 3 is 2.12 bits per heavy atom. The molecule has 0 amide bonds. The molecular weight excluding hydrogens is 233 g/mol. The summed E-state index contributed by atoms with van der Waals surface area (Å²) >= 11 is 0. The molecule has 1 N–H and O–H groups in total. The Morgan fingerprint density at radius 1 is 1.06 bits per heavy atom. The molecule has 7 heteroatoms. The zero-order valence-electron chi connectivity index (χ0n) is 7.94. The molecule has 0 unspecified atom stereocenters. The maximum atomic E-state index is 12.6. The maximum absolute atomic E-state index is 12.6. The third kappa shape index (κ3) is 5.04. The van der Waals surface area contributed by atoms with Crippen LogP contribution in [0, 0.1) is 11.6 Å². The van der Waals surface area contributed by atoms with E-state index in [1.807, 2.05) is 5.48 Å². The Hall–Kier alpha value is -1.21. The fourth-order valence-corrected chi connectivity index (χ4v) is 0.980. The fourth-order valence-electron chi connectivity index (χ4n) is 0.980. The van der Waals surface area contributed by atoms with Gasteiger partial charge < -0.3 is 0 Å². The van der Waals surface area contributed by atoms with Crippen LogP contribution in [0.1, 0.15) is 5.56 Å². The van der Waals surface area contributed by atoms with E-state index in [-0.39, 0.29) is 12.1 Å². The van der Waals surface area contributed by atoms with Gasteiger partial charge in [-0.1, -0.05) is 0 Å². The highest BCUT2D eigenvalue weighted by Crippen LogP contribution is 2.14. The average Bonchev–Trinajstić information content (AvgIpc) is 2.09. The van der Waals surface area contributed by atoms with Crippen molar-refractivity contribution in [3.8, 4) is 0 Å². The van der Waals surface area contributed by atoms with Crippen molar-refractivity contribution in [3.05, 3.63) is 35.4 Å². The van der Waals surface area contributed by atoms with Crippen LogP contribution < -0.4 is 5.48 Å². The second-order valence-corrected chi connectivity index (χ2v) is 3.00. The SMILES string of the molecule is Fc1cc(F)cc(CNOCC(F)(F)F)c1. The number of hydrogen-bond acceptors (Lipinski definition) is 2. The van der Waals surface area contributed by atoms with Gasteiger partial charge in [0.15, 0.2) is 6.61 Å². The molecule has 0 heterocycles. The predicted molar refractivity (Wildman–Crippen MR) is 45.2 cm³/mol. The summed E-state index contributed by atoms with van der Waals surface area (Å²) < 4.78 is 60.1. The summed E-state index contributed by atoms with van der Waals surface area (Å²) in [6.45, 7) is -1.68. The van der Waals surface area contributed by atoms with Crippen LogP contribution in [0.15, 0.2) is 18.2 Å². The quantitative estimate of drug-likeness (QED) is 0.497. The largest absolute Gasteiger partial charge is 0.413 e. The first-order valence-corrected chi connectivity index (χ1v) is 4.23. The van der Waals surface area contributed by atoms with Crippen molar-refractivity contribution < 1.29 is 26.8 Å². The van der Waals surface area contributed by atoms with Crippen LogP contribution in [0.4, 0.5) is 22.0 Å². The van der Waals surface area contributed by atoms with Gasteiger partial charge in [0.05, 0.1) is 0 Å². The van der Waals surface area contributed by atoms with Crippen molar-refractivity contribution in [3.63, 3.8) is 0 Å². The molecule has 0 radical (unpaired) electrons. The van der Waals surface area contributed by atoms with E-state index in [1.165, 1.54) is 0 Å². The number of hydrogen-bond donors (Lipinski definition) is 1. The van der Waals surface area contributed by atoms with Crippen molar-refractivity contribution in [1.82, 2.24) is 5.48 Å². The molecule has 0 spiro atoms. The molecule has 0 aliphatic rings. The smallest absolute Gasteiger partial charge is 0.292 e. The van der Waals surface area contributed by atoms with Gasteiger partial charge in [-0.25, -0.2) is 8.78 Å². The minimum absolute atomic E-state index is 0.152. The molecule has 1 aromatic carbocycles. The molecule has 0 atom stereocenters. The van der Waals surface area contributed by atoms with Crippen LogP contribution in [0.2, 0.25) is 0 Å². The number of halogens is 5. The molecule has 0 fully saturated rings. The topological polar surface area (TPSA) is 21.3 Å². The van der Waals surface area contributed by atoms with Crippen molar-refractivity contribution in [2.24, 2.45) is 0 Å². The van der Waals surface area contributed by atoms with Gasteiger partial charge in [-0.3, -0.25) is 4.84 Å². The first kappa shape index (κ1) is 12.9. The lowest BCUT2D eigenvalue weighted by Gasteiger charge is -2.08. The van der Waals surface area contributed by atoms with E-state index in [0.717, 1.165) is 12.1 Å². The summed E-state index contributed by atoms with van der Waals surface area (Å²) in [4.78, 5) is 4.06. The lowest BCUT2D eigenvalue weighted by molar-refractivity contribution is -0.190. The third-order valence-corrected chi connectivity index (χ3v) is 1.54. The Labute approximate surface area is 88.0 Å². The first-order chi connectivity index (χ1) is 7.37. The van der Waals surface area contributed by atoms with Crippen LogP contribution in [-0.4, -0.2) is 12.8 Å². The van der Waals surface area contributed by atoms with Gasteiger partial charge in [0.2, 0.25) is 0 Å². The van der Waals surface area contributed by atoms with Crippen molar-refractivity contribution in [2.75, 3.05) is 6.61 Å². The number of alkyl halides is 3. The summed E-state index contributed by atoms with van der Waals surface area (Å²) in [7, 11) is 0. The van der Waals surface area contributed by atoms with Gasteiger partial charge in [-0.2, -0.15) is 18.7 Å². The van der Waals surface area contributed by atoms with Gasteiger partial charge in [0.25, 0.3) is 0 Å². The number of hydroxylamine groups is 1. The molecule has 1 aromatic rings. The highest BCUT2D eigenvalue weighted by atomic mass is 19.4. The van der Waals surface area contributed by atoms with Crippen LogP contribution in [0.25, 0.3) is 0 Å². The third-order valence-electron chi connectivity index (χ3n) is 1.54. The Balaban J connectivity index is 2.37. The van der Waals surface area contributed by atoms with E-state index in [2.05, 4.69) is 4.84 Å². The minimum atomic E-state index is -4.44. The highest BCUT2D eigenvalue weighted by molar-refractivity contribution is 5.17. The molecule has 0 saturated heterocycles. The van der Waals surface area contributed by atoms with Crippen LogP contribution in [-0.2, 0) is 11.4 Å². The second kappa shape index (κ2) is 5.22. The van der Waals surface area contributed by atoms with Gasteiger partial charge in [0.1, 0.15) is 11.6 Å². The van der Waals surface area contributed by atoms with E-state index in [4.69, 9.17) is 0 Å². The number of nitrogens with one attached hydrogen (secondary N) is 1. The lowest BCUT2D eigenvalue weighted by Crippen LogP contribution is -2.24. The summed E-state index contributed by atoms with van der Waals surface area (Å²) in [5, 5.41) is 0. The van der Waals surface area contributed by atoms with Gasteiger partial charge >= 0.3 is 6.18 Å². The first-order valence-electron chi connectivity index (χ1n) is 4.23. The van der Waals surface area contributed by atoms with Crippen LogP contribution >= 0.6 is 0 Å². The predicted octanol–water partition coefficient (Wildman–Crippen LogP) is 2.55. The van der Waals surface area contributed by atoms with Gasteiger partial charge in [0, 0.05) is 12.6 Å². The summed E-state index contributed by atoms with van der Waals surface area (Å²) in [6, 6.07) is 2.65. The fraction of sp³-hybridized carbons (Fsp3) is 0.333. The Bertz CT molecular complexity index is 332. The molecule has 90 valence electrons.